The number of H-pyrrole nitrogens is 1. The van der Waals surface area contributed by atoms with Crippen LogP contribution in [0.3, 0.4) is 0 Å². The molecule has 8 heteroatoms. The van der Waals surface area contributed by atoms with Crippen LogP contribution < -0.4 is 5.73 Å². The molecule has 0 bridgehead atoms. The van der Waals surface area contributed by atoms with E-state index in [2.05, 4.69) is 19.3 Å². The van der Waals surface area contributed by atoms with E-state index in [1.807, 2.05) is 6.07 Å². The zero-order valence-corrected chi connectivity index (χ0v) is 14.2. The Morgan fingerprint density at radius 1 is 1.43 bits per heavy atom. The van der Waals surface area contributed by atoms with Gasteiger partial charge in [-0.3, -0.25) is 4.99 Å². The number of fused-ring (bicyclic) bond motifs is 1. The minimum absolute atomic E-state index is 0.210. The van der Waals surface area contributed by atoms with Crippen LogP contribution in [0, 0.1) is 5.82 Å². The van der Waals surface area contributed by atoms with Crippen LogP contribution in [0.4, 0.5) is 4.39 Å². The first-order valence-electron chi connectivity index (χ1n) is 7.28. The van der Waals surface area contributed by atoms with Crippen molar-refractivity contribution in [3.05, 3.63) is 28.5 Å². The lowest BCUT2D eigenvalue weighted by Crippen LogP contribution is -2.14. The van der Waals surface area contributed by atoms with Crippen LogP contribution in [0.1, 0.15) is 18.4 Å². The molecule has 0 radical (unpaired) electrons. The second kappa shape index (κ2) is 6.90. The van der Waals surface area contributed by atoms with Crippen molar-refractivity contribution in [1.82, 2.24) is 9.29 Å². The van der Waals surface area contributed by atoms with Gasteiger partial charge in [-0.1, -0.05) is 11.6 Å². The van der Waals surface area contributed by atoms with Gasteiger partial charge in [-0.15, -0.1) is 0 Å². The van der Waals surface area contributed by atoms with Crippen LogP contribution in [0.5, 0.6) is 0 Å². The number of rotatable bonds is 4. The number of benzene rings is 1. The molecule has 23 heavy (non-hydrogen) atoms. The van der Waals surface area contributed by atoms with E-state index in [0.29, 0.717) is 16.5 Å². The highest BCUT2D eigenvalue weighted by Crippen LogP contribution is 2.34. The molecular formula is C15H17ClFN5S. The van der Waals surface area contributed by atoms with Gasteiger partial charge in [0.15, 0.2) is 0 Å². The molecule has 2 aromatic rings. The van der Waals surface area contributed by atoms with E-state index in [1.54, 1.807) is 19.0 Å². The first-order valence-corrected chi connectivity index (χ1v) is 8.43. The Labute approximate surface area is 142 Å². The van der Waals surface area contributed by atoms with Crippen molar-refractivity contribution in [2.45, 2.75) is 17.9 Å². The lowest BCUT2D eigenvalue weighted by Gasteiger charge is -2.10. The number of hydrogen-bond donors (Lipinski definition) is 2. The van der Waals surface area contributed by atoms with Crippen LogP contribution in [0.2, 0.25) is 5.02 Å². The van der Waals surface area contributed by atoms with E-state index in [-0.39, 0.29) is 10.9 Å². The Balaban J connectivity index is 2.06. The number of hydrogen-bond acceptors (Lipinski definition) is 3. The van der Waals surface area contributed by atoms with Gasteiger partial charge in [0.2, 0.25) is 0 Å². The van der Waals surface area contributed by atoms with Crippen molar-refractivity contribution >= 4 is 46.6 Å². The van der Waals surface area contributed by atoms with Crippen molar-refractivity contribution in [3.63, 3.8) is 0 Å². The highest BCUT2D eigenvalue weighted by molar-refractivity contribution is 7.97. The standard InChI is InChI=1S/C15H17ClFN5S/c1-19-8-20-15(18)13-9-6-12(23-22-4-2-3-5-22)21-14(9)11(17)7-10(13)16/h6-8,21H,2-5H2,1H3,(H2,18,19,20). The summed E-state index contributed by atoms with van der Waals surface area (Å²) in [6.45, 7) is 2.07. The first-order chi connectivity index (χ1) is 11.1. The number of nitrogens with zero attached hydrogens (tertiary/aromatic N) is 3. The molecule has 0 saturated carbocycles. The first kappa shape index (κ1) is 16.3. The lowest BCUT2D eigenvalue weighted by molar-refractivity contribution is 0.585. The number of nitrogens with two attached hydrogens (primary N) is 1. The predicted octanol–water partition coefficient (Wildman–Crippen LogP) is 3.43. The van der Waals surface area contributed by atoms with Gasteiger partial charge in [-0.25, -0.2) is 13.7 Å². The summed E-state index contributed by atoms with van der Waals surface area (Å²) in [5, 5.41) is 1.72. The zero-order valence-electron chi connectivity index (χ0n) is 12.6. The van der Waals surface area contributed by atoms with Crippen LogP contribution >= 0.6 is 23.5 Å². The maximum absolute atomic E-state index is 14.2. The second-order valence-corrected chi connectivity index (χ2v) is 6.80. The molecule has 3 N–H and O–H groups in total. The van der Waals surface area contributed by atoms with E-state index >= 15 is 0 Å². The zero-order chi connectivity index (χ0) is 16.4. The highest BCUT2D eigenvalue weighted by Gasteiger charge is 2.19. The minimum atomic E-state index is -0.404. The third-order valence-electron chi connectivity index (χ3n) is 3.65. The van der Waals surface area contributed by atoms with E-state index in [4.69, 9.17) is 17.3 Å². The van der Waals surface area contributed by atoms with Crippen molar-refractivity contribution in [1.29, 1.82) is 0 Å². The van der Waals surface area contributed by atoms with Gasteiger partial charge in [0.05, 0.1) is 15.6 Å². The molecule has 5 nitrogen and oxygen atoms in total. The lowest BCUT2D eigenvalue weighted by atomic mass is 10.1. The molecule has 0 aliphatic carbocycles. The molecule has 1 aliphatic rings. The number of aromatic nitrogens is 1. The summed E-state index contributed by atoms with van der Waals surface area (Å²) in [4.78, 5) is 10.9. The predicted molar refractivity (Wildman–Crippen MR) is 95.1 cm³/mol. The van der Waals surface area contributed by atoms with E-state index in [0.717, 1.165) is 18.1 Å². The summed E-state index contributed by atoms with van der Waals surface area (Å²) in [7, 11) is 1.60. The van der Waals surface area contributed by atoms with Gasteiger partial charge >= 0.3 is 0 Å². The molecule has 1 aromatic carbocycles. The fraction of sp³-hybridized carbons (Fsp3) is 0.333. The van der Waals surface area contributed by atoms with Crippen LogP contribution in [0.25, 0.3) is 10.9 Å². The fourth-order valence-corrected chi connectivity index (χ4v) is 3.94. The Morgan fingerprint density at radius 3 is 2.87 bits per heavy atom. The number of nitrogens with one attached hydrogen (secondary N) is 1. The molecule has 1 aliphatic heterocycles. The van der Waals surface area contributed by atoms with Gasteiger partial charge in [-0.05, 0) is 36.9 Å². The Morgan fingerprint density at radius 2 is 2.17 bits per heavy atom. The van der Waals surface area contributed by atoms with Crippen LogP contribution in [0.15, 0.2) is 27.1 Å². The molecule has 0 atom stereocenters. The Kier molecular flexibility index (Phi) is 4.89. The monoisotopic (exact) mass is 353 g/mol. The Bertz CT molecular complexity index is 780. The molecule has 1 fully saturated rings. The number of halogens is 2. The summed E-state index contributed by atoms with van der Waals surface area (Å²) in [5.74, 6) is -0.193. The maximum Gasteiger partial charge on any atom is 0.148 e. The van der Waals surface area contributed by atoms with E-state index in [9.17, 15) is 4.39 Å². The average Bonchev–Trinajstić information content (AvgIpc) is 3.15. The van der Waals surface area contributed by atoms with Gasteiger partial charge in [0.25, 0.3) is 0 Å². The summed E-state index contributed by atoms with van der Waals surface area (Å²) < 4.78 is 16.5. The minimum Gasteiger partial charge on any atom is -0.383 e. The smallest absolute Gasteiger partial charge is 0.148 e. The SMILES string of the molecule is CN=CN=C(N)c1c(Cl)cc(F)c2[nH]c(SN3CCCC3)cc12. The third-order valence-corrected chi connectivity index (χ3v) is 4.99. The van der Waals surface area contributed by atoms with Crippen molar-refractivity contribution < 1.29 is 4.39 Å². The quantitative estimate of drug-likeness (QED) is 0.502. The molecule has 0 amide bonds. The number of aromatic amines is 1. The molecule has 1 aromatic heterocycles. The van der Waals surface area contributed by atoms with Gasteiger partial charge < -0.3 is 10.7 Å². The van der Waals surface area contributed by atoms with Crippen molar-refractivity contribution in [2.24, 2.45) is 15.7 Å². The summed E-state index contributed by atoms with van der Waals surface area (Å²) >= 11 is 7.78. The van der Waals surface area contributed by atoms with Crippen molar-refractivity contribution in [2.75, 3.05) is 20.1 Å². The molecule has 3 rings (SSSR count). The normalized spacial score (nSPS) is 16.9. The van der Waals surface area contributed by atoms with Gasteiger partial charge in [-0.2, -0.15) is 0 Å². The Hall–Kier alpha value is -1.57. The van der Waals surface area contributed by atoms with Crippen molar-refractivity contribution in [3.8, 4) is 0 Å². The van der Waals surface area contributed by atoms with Crippen LogP contribution in [-0.4, -0.2) is 41.6 Å². The van der Waals surface area contributed by atoms with Gasteiger partial charge in [0, 0.05) is 31.1 Å². The van der Waals surface area contributed by atoms with Crippen LogP contribution in [-0.2, 0) is 0 Å². The summed E-state index contributed by atoms with van der Waals surface area (Å²) in [6.07, 6.45) is 3.72. The molecule has 2 heterocycles. The number of amidine groups is 1. The molecule has 122 valence electrons. The molecular weight excluding hydrogens is 337 g/mol. The third kappa shape index (κ3) is 3.36. The van der Waals surface area contributed by atoms with Gasteiger partial charge in [0.1, 0.15) is 18.0 Å². The fourth-order valence-electron chi connectivity index (χ4n) is 2.61. The summed E-state index contributed by atoms with van der Waals surface area (Å²) in [5.41, 5.74) is 6.90. The topological polar surface area (TPSA) is 69.8 Å². The molecule has 1 saturated heterocycles. The average molecular weight is 354 g/mol. The van der Waals surface area contributed by atoms with E-state index in [1.165, 1.54) is 25.2 Å². The maximum atomic E-state index is 14.2. The number of aliphatic imine (C=N–C) groups is 2. The second-order valence-electron chi connectivity index (χ2n) is 5.25. The van der Waals surface area contributed by atoms with E-state index < -0.39 is 5.82 Å². The molecule has 0 spiro atoms. The molecule has 0 unspecified atom stereocenters. The largest absolute Gasteiger partial charge is 0.383 e. The highest BCUT2D eigenvalue weighted by atomic mass is 35.5. The summed E-state index contributed by atoms with van der Waals surface area (Å²) in [6, 6.07) is 3.12.